The van der Waals surface area contributed by atoms with Gasteiger partial charge >= 0.3 is 0 Å². The molecule has 1 fully saturated rings. The van der Waals surface area contributed by atoms with Crippen molar-refractivity contribution < 1.29 is 9.50 Å². The van der Waals surface area contributed by atoms with Gasteiger partial charge in [-0.15, -0.1) is 0 Å². The normalized spacial score (nSPS) is 21.6. The fourth-order valence-electron chi connectivity index (χ4n) is 1.74. The molecule has 1 N–H and O–H groups in total. The van der Waals surface area contributed by atoms with Gasteiger partial charge in [0, 0.05) is 17.6 Å². The van der Waals surface area contributed by atoms with Gasteiger partial charge in [0.05, 0.1) is 11.8 Å². The number of aliphatic hydroxyl groups is 1. The molecule has 76 valence electrons. The molecule has 2 nitrogen and oxygen atoms in total. The second-order valence-electron chi connectivity index (χ2n) is 3.46. The Hall–Kier alpha value is -0.610. The van der Waals surface area contributed by atoms with E-state index in [-0.39, 0.29) is 11.9 Å². The van der Waals surface area contributed by atoms with Gasteiger partial charge in [-0.2, -0.15) is 0 Å². The molecule has 0 amide bonds. The first kappa shape index (κ1) is 9.93. The zero-order chi connectivity index (χ0) is 10.1. The summed E-state index contributed by atoms with van der Waals surface area (Å²) >= 11 is 3.31. The van der Waals surface area contributed by atoms with Gasteiger partial charge in [0.15, 0.2) is 0 Å². The van der Waals surface area contributed by atoms with Gasteiger partial charge in [-0.05, 0) is 34.5 Å². The topological polar surface area (TPSA) is 23.5 Å². The van der Waals surface area contributed by atoms with Crippen LogP contribution in [0.25, 0.3) is 0 Å². The van der Waals surface area contributed by atoms with Crippen LogP contribution in [0.4, 0.5) is 10.1 Å². The Labute approximate surface area is 90.5 Å². The predicted octanol–water partition coefficient (Wildman–Crippen LogP) is 2.16. The maximum Gasteiger partial charge on any atom is 0.147 e. The van der Waals surface area contributed by atoms with Gasteiger partial charge < -0.3 is 10.0 Å². The third kappa shape index (κ3) is 1.77. The van der Waals surface area contributed by atoms with Crippen LogP contribution in [-0.2, 0) is 0 Å². The fraction of sp³-hybridized carbons (Fsp3) is 0.400. The van der Waals surface area contributed by atoms with Gasteiger partial charge in [-0.3, -0.25) is 0 Å². The first-order chi connectivity index (χ1) is 6.68. The molecule has 1 aliphatic rings. The van der Waals surface area contributed by atoms with Gasteiger partial charge in [-0.25, -0.2) is 4.39 Å². The quantitative estimate of drug-likeness (QED) is 0.836. The minimum absolute atomic E-state index is 0.242. The Kier molecular flexibility index (Phi) is 2.74. The number of nitrogens with zero attached hydrogens (tertiary/aromatic N) is 1. The summed E-state index contributed by atoms with van der Waals surface area (Å²) in [5.41, 5.74) is 0.559. The number of β-amino-alcohol motifs (C(OH)–C–C–N with tert-alkyl or cyclic N) is 1. The van der Waals surface area contributed by atoms with E-state index in [0.717, 1.165) is 4.47 Å². The van der Waals surface area contributed by atoms with E-state index in [1.807, 2.05) is 11.0 Å². The lowest BCUT2D eigenvalue weighted by Crippen LogP contribution is -2.22. The highest BCUT2D eigenvalue weighted by atomic mass is 79.9. The molecule has 1 aromatic rings. The molecule has 4 heteroatoms. The number of hydrogen-bond donors (Lipinski definition) is 1. The van der Waals surface area contributed by atoms with Crippen molar-refractivity contribution in [2.45, 2.75) is 12.5 Å². The molecule has 1 aliphatic heterocycles. The Morgan fingerprint density at radius 2 is 2.29 bits per heavy atom. The molecule has 0 aromatic heterocycles. The summed E-state index contributed by atoms with van der Waals surface area (Å²) in [6.45, 7) is 1.22. The first-order valence-corrected chi connectivity index (χ1v) is 5.35. The summed E-state index contributed by atoms with van der Waals surface area (Å²) in [6, 6.07) is 4.91. The highest BCUT2D eigenvalue weighted by Gasteiger charge is 2.24. The zero-order valence-electron chi connectivity index (χ0n) is 7.58. The molecule has 14 heavy (non-hydrogen) atoms. The lowest BCUT2D eigenvalue weighted by atomic mass is 10.3. The molecule has 0 saturated carbocycles. The van der Waals surface area contributed by atoms with Gasteiger partial charge in [0.25, 0.3) is 0 Å². The highest BCUT2D eigenvalue weighted by Crippen LogP contribution is 2.31. The summed E-state index contributed by atoms with van der Waals surface area (Å²) in [6.07, 6.45) is 0.377. The molecule has 1 heterocycles. The minimum Gasteiger partial charge on any atom is -0.391 e. The molecule has 2 rings (SSSR count). The Morgan fingerprint density at radius 1 is 1.50 bits per heavy atom. The molecule has 0 aliphatic carbocycles. The molecule has 1 atom stereocenters. The minimum atomic E-state index is -0.332. The van der Waals surface area contributed by atoms with Crippen LogP contribution in [0.1, 0.15) is 6.42 Å². The van der Waals surface area contributed by atoms with E-state index in [1.165, 1.54) is 6.07 Å². The Morgan fingerprint density at radius 3 is 2.86 bits per heavy atom. The molecule has 0 radical (unpaired) electrons. The summed E-state index contributed by atoms with van der Waals surface area (Å²) in [4.78, 5) is 1.87. The number of benzene rings is 1. The molecular weight excluding hydrogens is 249 g/mol. The third-order valence-corrected chi connectivity index (χ3v) is 3.06. The SMILES string of the molecule is OC1CCN(c2c(F)cccc2Br)C1. The largest absolute Gasteiger partial charge is 0.391 e. The van der Waals surface area contributed by atoms with Crippen LogP contribution in [0.2, 0.25) is 0 Å². The van der Waals surface area contributed by atoms with E-state index in [4.69, 9.17) is 0 Å². The average molecular weight is 260 g/mol. The van der Waals surface area contributed by atoms with Gasteiger partial charge in [-0.1, -0.05) is 6.07 Å². The lowest BCUT2D eigenvalue weighted by molar-refractivity contribution is 0.198. The van der Waals surface area contributed by atoms with Crippen molar-refractivity contribution >= 4 is 21.6 Å². The molecule has 1 unspecified atom stereocenters. The van der Waals surface area contributed by atoms with Crippen LogP contribution in [0.5, 0.6) is 0 Å². The second kappa shape index (κ2) is 3.87. The molecule has 1 aromatic carbocycles. The number of anilines is 1. The van der Waals surface area contributed by atoms with Crippen molar-refractivity contribution in [3.63, 3.8) is 0 Å². The molecule has 0 spiro atoms. The van der Waals surface area contributed by atoms with Crippen LogP contribution in [0.3, 0.4) is 0 Å². The van der Waals surface area contributed by atoms with E-state index < -0.39 is 0 Å². The van der Waals surface area contributed by atoms with Crippen molar-refractivity contribution in [3.05, 3.63) is 28.5 Å². The van der Waals surface area contributed by atoms with E-state index >= 15 is 0 Å². The van der Waals surface area contributed by atoms with E-state index in [0.29, 0.717) is 25.2 Å². The maximum absolute atomic E-state index is 13.5. The van der Waals surface area contributed by atoms with Gasteiger partial charge in [0.1, 0.15) is 5.82 Å². The monoisotopic (exact) mass is 259 g/mol. The van der Waals surface area contributed by atoms with Crippen LogP contribution < -0.4 is 4.90 Å². The number of aliphatic hydroxyl groups excluding tert-OH is 1. The third-order valence-electron chi connectivity index (χ3n) is 2.42. The first-order valence-electron chi connectivity index (χ1n) is 4.55. The van der Waals surface area contributed by atoms with E-state index in [9.17, 15) is 9.50 Å². The van der Waals surface area contributed by atoms with Crippen molar-refractivity contribution in [3.8, 4) is 0 Å². The van der Waals surface area contributed by atoms with Gasteiger partial charge in [0.2, 0.25) is 0 Å². The van der Waals surface area contributed by atoms with Crippen molar-refractivity contribution in [2.24, 2.45) is 0 Å². The predicted molar refractivity (Wildman–Crippen MR) is 56.9 cm³/mol. The summed E-state index contributed by atoms with van der Waals surface area (Å²) in [5.74, 6) is -0.242. The Bertz CT molecular complexity index is 325. The standard InChI is InChI=1S/C10H11BrFNO/c11-8-2-1-3-9(12)10(8)13-5-4-7(14)6-13/h1-3,7,14H,4-6H2. The zero-order valence-corrected chi connectivity index (χ0v) is 9.17. The fourth-order valence-corrected chi connectivity index (χ4v) is 2.33. The lowest BCUT2D eigenvalue weighted by Gasteiger charge is -2.19. The van der Waals surface area contributed by atoms with E-state index in [1.54, 1.807) is 6.07 Å². The van der Waals surface area contributed by atoms with Crippen molar-refractivity contribution in [1.29, 1.82) is 0 Å². The number of hydrogen-bond acceptors (Lipinski definition) is 2. The smallest absolute Gasteiger partial charge is 0.147 e. The highest BCUT2D eigenvalue weighted by molar-refractivity contribution is 9.10. The van der Waals surface area contributed by atoms with Crippen molar-refractivity contribution in [2.75, 3.05) is 18.0 Å². The maximum atomic E-state index is 13.5. The van der Waals surface area contributed by atoms with Crippen LogP contribution in [-0.4, -0.2) is 24.3 Å². The number of halogens is 2. The molecule has 0 bridgehead atoms. The second-order valence-corrected chi connectivity index (χ2v) is 4.31. The summed E-state index contributed by atoms with van der Waals surface area (Å²) in [5, 5.41) is 9.36. The van der Waals surface area contributed by atoms with Crippen LogP contribution in [0, 0.1) is 5.82 Å². The summed E-state index contributed by atoms with van der Waals surface area (Å²) in [7, 11) is 0. The van der Waals surface area contributed by atoms with E-state index in [2.05, 4.69) is 15.9 Å². The molecular formula is C10H11BrFNO. The molecule has 1 saturated heterocycles. The Balaban J connectivity index is 2.31. The van der Waals surface area contributed by atoms with Crippen molar-refractivity contribution in [1.82, 2.24) is 0 Å². The average Bonchev–Trinajstić information content (AvgIpc) is 2.51. The van der Waals surface area contributed by atoms with Crippen LogP contribution in [0.15, 0.2) is 22.7 Å². The van der Waals surface area contributed by atoms with Crippen LogP contribution >= 0.6 is 15.9 Å². The number of para-hydroxylation sites is 1. The summed E-state index contributed by atoms with van der Waals surface area (Å²) < 4.78 is 14.2. The number of rotatable bonds is 1.